The highest BCUT2D eigenvalue weighted by molar-refractivity contribution is 5.93. The van der Waals surface area contributed by atoms with Crippen LogP contribution in [0.25, 0.3) is 0 Å². The van der Waals surface area contributed by atoms with Crippen LogP contribution in [-0.4, -0.2) is 39.6 Å². The summed E-state index contributed by atoms with van der Waals surface area (Å²) in [5.41, 5.74) is 0.553. The summed E-state index contributed by atoms with van der Waals surface area (Å²) < 4.78 is 0. The number of aryl methyl sites for hydroxylation is 1. The van der Waals surface area contributed by atoms with E-state index in [1.807, 2.05) is 6.07 Å². The Labute approximate surface area is 99.3 Å². The minimum atomic E-state index is -0.780. The third-order valence-corrected chi connectivity index (χ3v) is 2.78. The predicted molar refractivity (Wildman–Crippen MR) is 60.2 cm³/mol. The van der Waals surface area contributed by atoms with Gasteiger partial charge in [0.1, 0.15) is 11.8 Å². The number of aromatic nitrogens is 1. The van der Waals surface area contributed by atoms with Crippen molar-refractivity contribution in [1.82, 2.24) is 9.88 Å². The number of aliphatic hydroxyl groups is 1. The molecule has 1 saturated heterocycles. The number of carbonyl (C=O) groups is 1. The van der Waals surface area contributed by atoms with E-state index in [0.29, 0.717) is 30.0 Å². The lowest BCUT2D eigenvalue weighted by Gasteiger charge is -2.43. The van der Waals surface area contributed by atoms with Crippen LogP contribution < -0.4 is 0 Å². The Balaban J connectivity index is 2.17. The SMILES string of the molecule is Cc1nc(C(=O)N2CC(C)(O)C2)ccc1C#N. The van der Waals surface area contributed by atoms with Crippen LogP contribution >= 0.6 is 0 Å². The summed E-state index contributed by atoms with van der Waals surface area (Å²) in [6, 6.07) is 5.14. The van der Waals surface area contributed by atoms with E-state index in [1.54, 1.807) is 26.0 Å². The number of amides is 1. The van der Waals surface area contributed by atoms with Gasteiger partial charge < -0.3 is 10.0 Å². The van der Waals surface area contributed by atoms with Crippen molar-refractivity contribution in [2.24, 2.45) is 0 Å². The number of pyridine rings is 1. The summed E-state index contributed by atoms with van der Waals surface area (Å²) >= 11 is 0. The largest absolute Gasteiger partial charge is 0.386 e. The number of hydrogen-bond donors (Lipinski definition) is 1. The second-order valence-electron chi connectivity index (χ2n) is 4.60. The molecule has 0 aliphatic carbocycles. The molecule has 0 bridgehead atoms. The van der Waals surface area contributed by atoms with Gasteiger partial charge in [0.2, 0.25) is 0 Å². The van der Waals surface area contributed by atoms with E-state index in [4.69, 9.17) is 5.26 Å². The van der Waals surface area contributed by atoms with Crippen molar-refractivity contribution in [3.8, 4) is 6.07 Å². The molecule has 2 heterocycles. The molecule has 0 saturated carbocycles. The summed E-state index contributed by atoms with van der Waals surface area (Å²) in [5.74, 6) is -0.205. The maximum Gasteiger partial charge on any atom is 0.272 e. The van der Waals surface area contributed by atoms with Crippen LogP contribution in [-0.2, 0) is 0 Å². The average Bonchev–Trinajstić information content (AvgIpc) is 2.24. The van der Waals surface area contributed by atoms with Crippen LogP contribution in [0, 0.1) is 18.3 Å². The normalized spacial score (nSPS) is 17.2. The fourth-order valence-corrected chi connectivity index (χ4v) is 1.88. The number of hydrogen-bond acceptors (Lipinski definition) is 4. The number of nitrogens with zero attached hydrogens (tertiary/aromatic N) is 3. The summed E-state index contributed by atoms with van der Waals surface area (Å²) in [4.78, 5) is 17.6. The van der Waals surface area contributed by atoms with Gasteiger partial charge in [0, 0.05) is 0 Å². The van der Waals surface area contributed by atoms with E-state index >= 15 is 0 Å². The lowest BCUT2D eigenvalue weighted by molar-refractivity contribution is -0.0670. The van der Waals surface area contributed by atoms with Crippen molar-refractivity contribution in [2.75, 3.05) is 13.1 Å². The second kappa shape index (κ2) is 3.82. The molecule has 88 valence electrons. The standard InChI is InChI=1S/C12H13N3O2/c1-8-9(5-13)3-4-10(14-8)11(16)15-6-12(2,17)7-15/h3-4,17H,6-7H2,1-2H3. The highest BCUT2D eigenvalue weighted by Gasteiger charge is 2.40. The molecule has 0 unspecified atom stereocenters. The topological polar surface area (TPSA) is 77.2 Å². The van der Waals surface area contributed by atoms with Crippen LogP contribution in [0.4, 0.5) is 0 Å². The Morgan fingerprint density at radius 1 is 1.59 bits per heavy atom. The van der Waals surface area contributed by atoms with Crippen LogP contribution in [0.2, 0.25) is 0 Å². The first-order chi connectivity index (χ1) is 7.93. The van der Waals surface area contributed by atoms with Crippen molar-refractivity contribution in [3.05, 3.63) is 29.1 Å². The summed E-state index contributed by atoms with van der Waals surface area (Å²) in [7, 11) is 0. The first-order valence-electron chi connectivity index (χ1n) is 5.32. The zero-order chi connectivity index (χ0) is 12.6. The second-order valence-corrected chi connectivity index (χ2v) is 4.60. The van der Waals surface area contributed by atoms with Gasteiger partial charge in [-0.2, -0.15) is 5.26 Å². The zero-order valence-electron chi connectivity index (χ0n) is 9.77. The van der Waals surface area contributed by atoms with Gasteiger partial charge in [-0.05, 0) is 26.0 Å². The predicted octanol–water partition coefficient (Wildman–Crippen LogP) is 0.468. The highest BCUT2D eigenvalue weighted by atomic mass is 16.3. The maximum absolute atomic E-state index is 11.9. The van der Waals surface area contributed by atoms with E-state index in [0.717, 1.165) is 0 Å². The summed E-state index contributed by atoms with van der Waals surface area (Å²) in [6.45, 7) is 4.04. The number of β-amino-alcohol motifs (C(OH)–C–C–N with tert-alkyl or cyclic N) is 1. The Morgan fingerprint density at radius 2 is 2.24 bits per heavy atom. The molecule has 1 fully saturated rings. The van der Waals surface area contributed by atoms with Gasteiger partial charge in [-0.3, -0.25) is 4.79 Å². The van der Waals surface area contributed by atoms with Gasteiger partial charge in [0.15, 0.2) is 0 Å². The van der Waals surface area contributed by atoms with E-state index in [-0.39, 0.29) is 5.91 Å². The fraction of sp³-hybridized carbons (Fsp3) is 0.417. The average molecular weight is 231 g/mol. The molecule has 17 heavy (non-hydrogen) atoms. The monoisotopic (exact) mass is 231 g/mol. The van der Waals surface area contributed by atoms with E-state index < -0.39 is 5.60 Å². The van der Waals surface area contributed by atoms with Gasteiger partial charge in [0.25, 0.3) is 5.91 Å². The maximum atomic E-state index is 11.9. The van der Waals surface area contributed by atoms with Crippen molar-refractivity contribution in [1.29, 1.82) is 5.26 Å². The molecule has 1 aliphatic heterocycles. The number of carbonyl (C=O) groups excluding carboxylic acids is 1. The zero-order valence-corrected chi connectivity index (χ0v) is 9.77. The molecule has 1 amide bonds. The van der Waals surface area contributed by atoms with E-state index in [9.17, 15) is 9.90 Å². The first-order valence-corrected chi connectivity index (χ1v) is 5.32. The molecule has 1 N–H and O–H groups in total. The van der Waals surface area contributed by atoms with Gasteiger partial charge in [-0.15, -0.1) is 0 Å². The molecule has 1 aromatic rings. The van der Waals surface area contributed by atoms with Crippen LogP contribution in [0.3, 0.4) is 0 Å². The van der Waals surface area contributed by atoms with Gasteiger partial charge in [-0.1, -0.05) is 0 Å². The summed E-state index contributed by atoms with van der Waals surface area (Å²) in [6.07, 6.45) is 0. The van der Waals surface area contributed by atoms with Crippen molar-refractivity contribution in [3.63, 3.8) is 0 Å². The lowest BCUT2D eigenvalue weighted by Crippen LogP contribution is -2.61. The molecule has 1 aromatic heterocycles. The Kier molecular flexibility index (Phi) is 2.60. The Hall–Kier alpha value is -1.93. The molecule has 2 rings (SSSR count). The van der Waals surface area contributed by atoms with Crippen molar-refractivity contribution in [2.45, 2.75) is 19.4 Å². The number of likely N-dealkylation sites (tertiary alicyclic amines) is 1. The minimum absolute atomic E-state index is 0.205. The molecule has 0 spiro atoms. The third-order valence-electron chi connectivity index (χ3n) is 2.78. The lowest BCUT2D eigenvalue weighted by atomic mass is 9.96. The van der Waals surface area contributed by atoms with Crippen LogP contribution in [0.5, 0.6) is 0 Å². The molecule has 0 atom stereocenters. The molecule has 0 radical (unpaired) electrons. The van der Waals surface area contributed by atoms with Gasteiger partial charge in [0.05, 0.1) is 29.9 Å². The molecule has 5 nitrogen and oxygen atoms in total. The van der Waals surface area contributed by atoms with Crippen LogP contribution in [0.1, 0.15) is 28.7 Å². The molecule has 0 aromatic carbocycles. The van der Waals surface area contributed by atoms with Gasteiger partial charge in [-0.25, -0.2) is 4.98 Å². The number of rotatable bonds is 1. The smallest absolute Gasteiger partial charge is 0.272 e. The van der Waals surface area contributed by atoms with Gasteiger partial charge >= 0.3 is 0 Å². The van der Waals surface area contributed by atoms with Crippen LogP contribution in [0.15, 0.2) is 12.1 Å². The third kappa shape index (κ3) is 2.12. The van der Waals surface area contributed by atoms with Crippen molar-refractivity contribution >= 4 is 5.91 Å². The minimum Gasteiger partial charge on any atom is -0.386 e. The highest BCUT2D eigenvalue weighted by Crippen LogP contribution is 2.21. The fourth-order valence-electron chi connectivity index (χ4n) is 1.88. The quantitative estimate of drug-likeness (QED) is 0.762. The Morgan fingerprint density at radius 3 is 2.71 bits per heavy atom. The molecular weight excluding hydrogens is 218 g/mol. The van der Waals surface area contributed by atoms with Crippen molar-refractivity contribution < 1.29 is 9.90 Å². The van der Waals surface area contributed by atoms with E-state index in [2.05, 4.69) is 4.98 Å². The summed E-state index contributed by atoms with van der Waals surface area (Å²) in [5, 5.41) is 18.3. The number of nitriles is 1. The first kappa shape index (κ1) is 11.6. The Bertz CT molecular complexity index is 509. The molecular formula is C12H13N3O2. The molecule has 1 aliphatic rings. The molecule has 5 heteroatoms. The van der Waals surface area contributed by atoms with E-state index in [1.165, 1.54) is 4.90 Å².